The zero-order valence-electron chi connectivity index (χ0n) is 19.2. The van der Waals surface area contributed by atoms with Gasteiger partial charge in [-0.25, -0.2) is 28.2 Å². The highest BCUT2D eigenvalue weighted by atomic mass is 32.2. The zero-order chi connectivity index (χ0) is 25.3. The third-order valence-electron chi connectivity index (χ3n) is 5.42. The van der Waals surface area contributed by atoms with Gasteiger partial charge in [-0.2, -0.15) is 5.10 Å². The second-order valence-corrected chi connectivity index (χ2v) is 10.8. The van der Waals surface area contributed by atoms with E-state index >= 15 is 0 Å². The van der Waals surface area contributed by atoms with Crippen molar-refractivity contribution in [1.82, 2.24) is 19.7 Å². The molecule has 0 saturated carbocycles. The largest absolute Gasteiger partial charge is 0.326 e. The van der Waals surface area contributed by atoms with Crippen LogP contribution in [0.4, 0.5) is 5.69 Å². The first-order valence-corrected chi connectivity index (χ1v) is 13.6. The molecule has 0 aliphatic carbocycles. The molecule has 3 heterocycles. The highest BCUT2D eigenvalue weighted by Gasteiger charge is 2.16. The summed E-state index contributed by atoms with van der Waals surface area (Å²) < 4.78 is 25.3. The van der Waals surface area contributed by atoms with E-state index in [1.165, 1.54) is 0 Å². The van der Waals surface area contributed by atoms with Gasteiger partial charge >= 0.3 is 0 Å². The Morgan fingerprint density at radius 2 is 1.89 bits per heavy atom. The number of benzene rings is 2. The Balaban J connectivity index is 1.41. The Hall–Kier alpha value is -3.93. The molecule has 182 valence electrons. The number of aryl methyl sites for hydroxylation is 1. The van der Waals surface area contributed by atoms with Crippen LogP contribution < -0.4 is 10.5 Å². The zero-order valence-corrected chi connectivity index (χ0v) is 20.9. The minimum atomic E-state index is -3.62. The van der Waals surface area contributed by atoms with Crippen LogP contribution in [0.15, 0.2) is 72.2 Å². The van der Waals surface area contributed by atoms with E-state index in [-0.39, 0.29) is 18.1 Å². The van der Waals surface area contributed by atoms with Crippen molar-refractivity contribution in [3.63, 3.8) is 0 Å². The fourth-order valence-corrected chi connectivity index (χ4v) is 5.22. The van der Waals surface area contributed by atoms with Crippen LogP contribution in [0.1, 0.15) is 17.0 Å². The molecule has 0 spiro atoms. The van der Waals surface area contributed by atoms with Gasteiger partial charge in [0.05, 0.1) is 39.3 Å². The van der Waals surface area contributed by atoms with Gasteiger partial charge in [-0.15, -0.1) is 11.3 Å². The molecule has 1 amide bonds. The molecular formula is C25H22N6O3S2. The number of primary sulfonamides is 1. The molecule has 0 saturated heterocycles. The van der Waals surface area contributed by atoms with Gasteiger partial charge in [0.15, 0.2) is 5.82 Å². The molecule has 36 heavy (non-hydrogen) atoms. The normalized spacial score (nSPS) is 11.6. The van der Waals surface area contributed by atoms with Gasteiger partial charge in [-0.3, -0.25) is 4.79 Å². The summed E-state index contributed by atoms with van der Waals surface area (Å²) >= 11 is 1.56. The Bertz CT molecular complexity index is 1670. The Morgan fingerprint density at radius 1 is 1.08 bits per heavy atom. The molecule has 0 radical (unpaired) electrons. The van der Waals surface area contributed by atoms with Crippen LogP contribution in [0.5, 0.6) is 0 Å². The summed E-state index contributed by atoms with van der Waals surface area (Å²) in [6.45, 7) is 1.92. The monoisotopic (exact) mass is 518 g/mol. The number of carbonyl (C=O) groups excluding carboxylic acids is 1. The summed E-state index contributed by atoms with van der Waals surface area (Å²) in [5.74, 6) is 0.147. The first-order chi connectivity index (χ1) is 17.2. The first kappa shape index (κ1) is 23.8. The van der Waals surface area contributed by atoms with Crippen molar-refractivity contribution in [2.75, 3.05) is 5.32 Å². The maximum atomic E-state index is 12.8. The maximum Gasteiger partial charge on any atom is 0.230 e. The molecule has 2 aromatic carbocycles. The summed E-state index contributed by atoms with van der Waals surface area (Å²) in [6, 6.07) is 20.1. The van der Waals surface area contributed by atoms with Crippen molar-refractivity contribution in [2.45, 2.75) is 19.1 Å². The van der Waals surface area contributed by atoms with Gasteiger partial charge in [0.1, 0.15) is 0 Å². The Morgan fingerprint density at radius 3 is 2.64 bits per heavy atom. The summed E-state index contributed by atoms with van der Waals surface area (Å²) in [7, 11) is -3.62. The molecule has 3 aromatic heterocycles. The molecule has 0 atom stereocenters. The predicted molar refractivity (Wildman–Crippen MR) is 140 cm³/mol. The number of nitrogens with one attached hydrogen (secondary N) is 1. The fourth-order valence-electron chi connectivity index (χ4n) is 3.84. The van der Waals surface area contributed by atoms with Crippen molar-refractivity contribution >= 4 is 43.2 Å². The van der Waals surface area contributed by atoms with E-state index < -0.39 is 10.0 Å². The standard InChI is InChI=1S/C25H22N6O3S2/c1-16-3-2-4-24(28-16)31-22(18-7-10-21-23(11-18)35-15-27-21)12-20(30-31)13-25(32)29-19-8-5-17(6-9-19)14-36(26,33)34/h2-12,15H,13-14H2,1H3,(H,29,32)(H2,26,33,34). The Labute approximate surface area is 211 Å². The molecule has 0 bridgehead atoms. The average molecular weight is 519 g/mol. The lowest BCUT2D eigenvalue weighted by atomic mass is 10.1. The van der Waals surface area contributed by atoms with Crippen molar-refractivity contribution in [1.29, 1.82) is 0 Å². The number of hydrogen-bond acceptors (Lipinski definition) is 7. The number of hydrogen-bond donors (Lipinski definition) is 2. The molecular weight excluding hydrogens is 496 g/mol. The first-order valence-electron chi connectivity index (χ1n) is 11.0. The fraction of sp³-hybridized carbons (Fsp3) is 0.120. The van der Waals surface area contributed by atoms with Crippen LogP contribution in [0.2, 0.25) is 0 Å². The molecule has 0 fully saturated rings. The number of anilines is 1. The highest BCUT2D eigenvalue weighted by molar-refractivity contribution is 7.88. The number of fused-ring (bicyclic) bond motifs is 1. The minimum Gasteiger partial charge on any atom is -0.326 e. The van der Waals surface area contributed by atoms with Crippen LogP contribution in [0.3, 0.4) is 0 Å². The lowest BCUT2D eigenvalue weighted by Gasteiger charge is -2.07. The van der Waals surface area contributed by atoms with Crippen LogP contribution in [-0.4, -0.2) is 34.1 Å². The third-order valence-corrected chi connectivity index (χ3v) is 6.95. The topological polar surface area (TPSA) is 133 Å². The van der Waals surface area contributed by atoms with Gasteiger partial charge in [-0.05, 0) is 55.0 Å². The van der Waals surface area contributed by atoms with Gasteiger partial charge in [0.2, 0.25) is 15.9 Å². The van der Waals surface area contributed by atoms with Gasteiger partial charge in [-0.1, -0.05) is 24.3 Å². The third kappa shape index (κ3) is 5.48. The lowest BCUT2D eigenvalue weighted by molar-refractivity contribution is -0.115. The SMILES string of the molecule is Cc1cccc(-n2nc(CC(=O)Nc3ccc(CS(N)(=O)=O)cc3)cc2-c2ccc3ncsc3c2)n1. The highest BCUT2D eigenvalue weighted by Crippen LogP contribution is 2.28. The van der Waals surface area contributed by atoms with Crippen molar-refractivity contribution < 1.29 is 13.2 Å². The molecule has 11 heteroatoms. The van der Waals surface area contributed by atoms with Crippen molar-refractivity contribution in [3.8, 4) is 17.1 Å². The second kappa shape index (κ2) is 9.61. The van der Waals surface area contributed by atoms with E-state index in [0.29, 0.717) is 22.8 Å². The minimum absolute atomic E-state index is 0.0492. The Kier molecular flexibility index (Phi) is 6.35. The molecule has 9 nitrogen and oxygen atoms in total. The molecule has 0 aliphatic heterocycles. The lowest BCUT2D eigenvalue weighted by Crippen LogP contribution is -2.16. The molecule has 3 N–H and O–H groups in total. The molecule has 5 aromatic rings. The predicted octanol–water partition coefficient (Wildman–Crippen LogP) is 3.82. The summed E-state index contributed by atoms with van der Waals surface area (Å²) in [6.07, 6.45) is 0.0492. The number of amides is 1. The number of nitrogens with zero attached hydrogens (tertiary/aromatic N) is 4. The van der Waals surface area contributed by atoms with Crippen LogP contribution in [0, 0.1) is 6.92 Å². The van der Waals surface area contributed by atoms with Crippen LogP contribution in [0.25, 0.3) is 27.3 Å². The van der Waals surface area contributed by atoms with Crippen molar-refractivity contribution in [2.24, 2.45) is 5.14 Å². The van der Waals surface area contributed by atoms with Gasteiger partial charge < -0.3 is 5.32 Å². The number of pyridine rings is 1. The number of carbonyl (C=O) groups is 1. The van der Waals surface area contributed by atoms with Crippen LogP contribution in [-0.2, 0) is 27.0 Å². The van der Waals surface area contributed by atoms with E-state index in [9.17, 15) is 13.2 Å². The van der Waals surface area contributed by atoms with Crippen molar-refractivity contribution in [3.05, 3.63) is 89.2 Å². The van der Waals surface area contributed by atoms with E-state index in [1.807, 2.05) is 48.8 Å². The van der Waals surface area contributed by atoms with E-state index in [2.05, 4.69) is 21.4 Å². The number of rotatable bonds is 7. The van der Waals surface area contributed by atoms with Gasteiger partial charge in [0, 0.05) is 16.9 Å². The average Bonchev–Trinajstić information content (AvgIpc) is 3.46. The number of thiazole rings is 1. The number of nitrogens with two attached hydrogens (primary N) is 1. The summed E-state index contributed by atoms with van der Waals surface area (Å²) in [5, 5.41) is 12.6. The second-order valence-electron chi connectivity index (χ2n) is 8.33. The van der Waals surface area contributed by atoms with E-state index in [4.69, 9.17) is 10.2 Å². The van der Waals surface area contributed by atoms with E-state index in [0.717, 1.165) is 27.2 Å². The quantitative estimate of drug-likeness (QED) is 0.337. The molecule has 5 rings (SSSR count). The maximum absolute atomic E-state index is 12.8. The van der Waals surface area contributed by atoms with Gasteiger partial charge in [0.25, 0.3) is 0 Å². The van der Waals surface area contributed by atoms with Crippen LogP contribution >= 0.6 is 11.3 Å². The smallest absolute Gasteiger partial charge is 0.230 e. The molecule has 0 aliphatic rings. The number of sulfonamides is 1. The number of aromatic nitrogens is 4. The van der Waals surface area contributed by atoms with E-state index in [1.54, 1.807) is 40.3 Å². The summed E-state index contributed by atoms with van der Waals surface area (Å²) in [5.41, 5.74) is 7.04. The summed E-state index contributed by atoms with van der Waals surface area (Å²) in [4.78, 5) is 21.7. The molecule has 0 unspecified atom stereocenters.